The van der Waals surface area contributed by atoms with E-state index in [0.717, 1.165) is 44.2 Å². The van der Waals surface area contributed by atoms with Gasteiger partial charge in [-0.25, -0.2) is 0 Å². The standard InChI is InChI=1S/C13H25N3OS/c1-4-5-8-17-9-6-14-7-10-18-13-11-12(2)15-16(13)3/h11,14H,4-10H2,1-3H3. The highest BCUT2D eigenvalue weighted by Crippen LogP contribution is 2.17. The van der Waals surface area contributed by atoms with E-state index in [4.69, 9.17) is 4.74 Å². The fourth-order valence-corrected chi connectivity index (χ4v) is 2.50. The summed E-state index contributed by atoms with van der Waals surface area (Å²) < 4.78 is 7.42. The van der Waals surface area contributed by atoms with Gasteiger partial charge in [-0.2, -0.15) is 5.10 Å². The highest BCUT2D eigenvalue weighted by atomic mass is 32.2. The summed E-state index contributed by atoms with van der Waals surface area (Å²) in [5.41, 5.74) is 1.08. The minimum absolute atomic E-state index is 0.815. The van der Waals surface area contributed by atoms with Crippen molar-refractivity contribution in [1.82, 2.24) is 15.1 Å². The van der Waals surface area contributed by atoms with Gasteiger partial charge in [-0.1, -0.05) is 13.3 Å². The molecule has 0 radical (unpaired) electrons. The first kappa shape index (κ1) is 15.5. The van der Waals surface area contributed by atoms with Crippen LogP contribution in [0.1, 0.15) is 25.5 Å². The number of nitrogens with zero attached hydrogens (tertiary/aromatic N) is 2. The first-order chi connectivity index (χ1) is 8.74. The molecule has 0 amide bonds. The third-order valence-corrected chi connectivity index (χ3v) is 3.64. The van der Waals surface area contributed by atoms with Crippen molar-refractivity contribution in [3.8, 4) is 0 Å². The first-order valence-electron chi connectivity index (χ1n) is 6.66. The Labute approximate surface area is 114 Å². The smallest absolute Gasteiger partial charge is 0.0939 e. The van der Waals surface area contributed by atoms with Crippen molar-refractivity contribution in [3.63, 3.8) is 0 Å². The molecule has 0 unspecified atom stereocenters. The van der Waals surface area contributed by atoms with E-state index in [0.29, 0.717) is 0 Å². The third-order valence-electron chi connectivity index (χ3n) is 2.55. The van der Waals surface area contributed by atoms with Crippen LogP contribution in [0.3, 0.4) is 0 Å². The zero-order valence-electron chi connectivity index (χ0n) is 11.7. The number of hydrogen-bond donors (Lipinski definition) is 1. The van der Waals surface area contributed by atoms with Crippen molar-refractivity contribution in [1.29, 1.82) is 0 Å². The minimum Gasteiger partial charge on any atom is -0.380 e. The number of aromatic nitrogens is 2. The zero-order chi connectivity index (χ0) is 13.2. The quantitative estimate of drug-likeness (QED) is 0.523. The summed E-state index contributed by atoms with van der Waals surface area (Å²) in [5.74, 6) is 1.06. The van der Waals surface area contributed by atoms with E-state index in [9.17, 15) is 0 Å². The van der Waals surface area contributed by atoms with E-state index >= 15 is 0 Å². The maximum absolute atomic E-state index is 5.48. The molecule has 104 valence electrons. The van der Waals surface area contributed by atoms with Crippen LogP contribution in [0.25, 0.3) is 0 Å². The Morgan fingerprint density at radius 1 is 1.39 bits per heavy atom. The molecular weight excluding hydrogens is 246 g/mol. The first-order valence-corrected chi connectivity index (χ1v) is 7.64. The van der Waals surface area contributed by atoms with Crippen LogP contribution in [-0.4, -0.2) is 41.8 Å². The van der Waals surface area contributed by atoms with Crippen LogP contribution in [0.2, 0.25) is 0 Å². The van der Waals surface area contributed by atoms with Gasteiger partial charge in [0.1, 0.15) is 0 Å². The lowest BCUT2D eigenvalue weighted by Gasteiger charge is -2.05. The summed E-state index contributed by atoms with van der Waals surface area (Å²) >= 11 is 1.84. The van der Waals surface area contributed by atoms with Gasteiger partial charge in [0, 0.05) is 32.5 Å². The Hall–Kier alpha value is -0.520. The molecule has 1 N–H and O–H groups in total. The second-order valence-electron chi connectivity index (χ2n) is 4.31. The summed E-state index contributed by atoms with van der Waals surface area (Å²) in [6, 6.07) is 2.12. The van der Waals surface area contributed by atoms with E-state index in [2.05, 4.69) is 23.4 Å². The van der Waals surface area contributed by atoms with Gasteiger partial charge in [0.15, 0.2) is 0 Å². The molecule has 0 saturated heterocycles. The van der Waals surface area contributed by atoms with Crippen molar-refractivity contribution in [2.45, 2.75) is 31.7 Å². The summed E-state index contributed by atoms with van der Waals surface area (Å²) in [6.45, 7) is 7.85. The zero-order valence-corrected chi connectivity index (χ0v) is 12.6. The van der Waals surface area contributed by atoms with E-state index in [1.807, 2.05) is 30.4 Å². The number of unbranched alkanes of at least 4 members (excludes halogenated alkanes) is 1. The predicted octanol–water partition coefficient (Wildman–Crippen LogP) is 2.23. The molecule has 1 rings (SSSR count). The molecule has 0 spiro atoms. The predicted molar refractivity (Wildman–Crippen MR) is 77.3 cm³/mol. The van der Waals surface area contributed by atoms with Gasteiger partial charge in [0.05, 0.1) is 17.3 Å². The van der Waals surface area contributed by atoms with Gasteiger partial charge in [0.25, 0.3) is 0 Å². The Morgan fingerprint density at radius 2 is 2.22 bits per heavy atom. The number of nitrogens with one attached hydrogen (secondary N) is 1. The van der Waals surface area contributed by atoms with Crippen LogP contribution >= 0.6 is 11.8 Å². The summed E-state index contributed by atoms with van der Waals surface area (Å²) in [7, 11) is 1.99. The number of ether oxygens (including phenoxy) is 1. The van der Waals surface area contributed by atoms with Crippen LogP contribution in [0, 0.1) is 6.92 Å². The second-order valence-corrected chi connectivity index (χ2v) is 5.43. The summed E-state index contributed by atoms with van der Waals surface area (Å²) in [5, 5.41) is 8.94. The monoisotopic (exact) mass is 271 g/mol. The molecule has 5 heteroatoms. The number of rotatable bonds is 10. The molecule has 0 saturated carbocycles. The van der Waals surface area contributed by atoms with E-state index in [1.54, 1.807) is 0 Å². The molecule has 0 aliphatic carbocycles. The molecule has 0 aromatic carbocycles. The highest BCUT2D eigenvalue weighted by molar-refractivity contribution is 7.99. The van der Waals surface area contributed by atoms with Crippen LogP contribution in [0.4, 0.5) is 0 Å². The third kappa shape index (κ3) is 6.42. The van der Waals surface area contributed by atoms with Crippen LogP contribution in [-0.2, 0) is 11.8 Å². The maximum Gasteiger partial charge on any atom is 0.0939 e. The molecule has 4 nitrogen and oxygen atoms in total. The molecular formula is C13H25N3OS. The number of aryl methyl sites for hydroxylation is 2. The molecule has 0 bridgehead atoms. The van der Waals surface area contributed by atoms with Crippen LogP contribution in [0.15, 0.2) is 11.1 Å². The molecule has 18 heavy (non-hydrogen) atoms. The summed E-state index contributed by atoms with van der Waals surface area (Å²) in [4.78, 5) is 0. The van der Waals surface area contributed by atoms with Gasteiger partial charge in [-0.3, -0.25) is 4.68 Å². The van der Waals surface area contributed by atoms with E-state index in [-0.39, 0.29) is 0 Å². The Balaban J connectivity index is 1.94. The lowest BCUT2D eigenvalue weighted by molar-refractivity contribution is 0.133. The average Bonchev–Trinajstić information content (AvgIpc) is 2.66. The molecule has 0 aliphatic rings. The van der Waals surface area contributed by atoms with Gasteiger partial charge in [-0.15, -0.1) is 11.8 Å². The van der Waals surface area contributed by atoms with Crippen molar-refractivity contribution in [2.75, 3.05) is 32.1 Å². The highest BCUT2D eigenvalue weighted by Gasteiger charge is 2.01. The fraction of sp³-hybridized carbons (Fsp3) is 0.769. The van der Waals surface area contributed by atoms with Crippen molar-refractivity contribution in [3.05, 3.63) is 11.8 Å². The van der Waals surface area contributed by atoms with Crippen LogP contribution < -0.4 is 5.32 Å². The molecule has 1 heterocycles. The van der Waals surface area contributed by atoms with Gasteiger partial charge in [-0.05, 0) is 19.4 Å². The van der Waals surface area contributed by atoms with E-state index < -0.39 is 0 Å². The van der Waals surface area contributed by atoms with Crippen molar-refractivity contribution in [2.24, 2.45) is 7.05 Å². The number of thioether (sulfide) groups is 1. The van der Waals surface area contributed by atoms with Gasteiger partial charge < -0.3 is 10.1 Å². The topological polar surface area (TPSA) is 39.1 Å². The largest absolute Gasteiger partial charge is 0.380 e. The number of hydrogen-bond acceptors (Lipinski definition) is 4. The molecule has 0 fully saturated rings. The second kappa shape index (κ2) is 9.42. The molecule has 0 aliphatic heterocycles. The lowest BCUT2D eigenvalue weighted by Crippen LogP contribution is -2.22. The fourth-order valence-electron chi connectivity index (χ4n) is 1.57. The SMILES string of the molecule is CCCCOCCNCCSc1cc(C)nn1C. The lowest BCUT2D eigenvalue weighted by atomic mass is 10.4. The van der Waals surface area contributed by atoms with E-state index in [1.165, 1.54) is 11.4 Å². The van der Waals surface area contributed by atoms with Gasteiger partial charge in [0.2, 0.25) is 0 Å². The summed E-state index contributed by atoms with van der Waals surface area (Å²) in [6.07, 6.45) is 2.36. The van der Waals surface area contributed by atoms with Crippen LogP contribution in [0.5, 0.6) is 0 Å². The Bertz CT molecular complexity index is 328. The van der Waals surface area contributed by atoms with Crippen molar-refractivity contribution >= 4 is 11.8 Å². The van der Waals surface area contributed by atoms with Crippen molar-refractivity contribution < 1.29 is 4.74 Å². The van der Waals surface area contributed by atoms with Gasteiger partial charge >= 0.3 is 0 Å². The molecule has 0 atom stereocenters. The normalized spacial score (nSPS) is 11.1. The minimum atomic E-state index is 0.815. The molecule has 1 aromatic rings. The maximum atomic E-state index is 5.48. The molecule has 1 aromatic heterocycles. The Kier molecular flexibility index (Phi) is 8.13. The average molecular weight is 271 g/mol. The Morgan fingerprint density at radius 3 is 2.89 bits per heavy atom.